The van der Waals surface area contributed by atoms with Gasteiger partial charge in [-0.25, -0.2) is 4.98 Å². The summed E-state index contributed by atoms with van der Waals surface area (Å²) in [5.74, 6) is 1.91. The average Bonchev–Trinajstić information content (AvgIpc) is 2.39. The summed E-state index contributed by atoms with van der Waals surface area (Å²) in [6, 6.07) is 0. The summed E-state index contributed by atoms with van der Waals surface area (Å²) in [6.45, 7) is 3.97. The molecule has 0 spiro atoms. The molecule has 1 aromatic heterocycles. The van der Waals surface area contributed by atoms with Crippen molar-refractivity contribution in [3.63, 3.8) is 0 Å². The smallest absolute Gasteiger partial charge is 0.232 e. The first-order chi connectivity index (χ1) is 8.61. The van der Waals surface area contributed by atoms with E-state index >= 15 is 0 Å². The van der Waals surface area contributed by atoms with Gasteiger partial charge in [0.25, 0.3) is 0 Å². The standard InChI is InChI=1S/C12H17BrClN3O/c1-8(14)9-3-5-17(6-4-9)12-15-7-10(13)11(16-12)18-2/h7-9H,3-6H2,1-2H3. The van der Waals surface area contributed by atoms with Crippen molar-refractivity contribution < 1.29 is 4.74 Å². The molecule has 2 heterocycles. The maximum absolute atomic E-state index is 6.14. The third-order valence-corrected chi connectivity index (χ3v) is 4.26. The van der Waals surface area contributed by atoms with Gasteiger partial charge in [-0.3, -0.25) is 0 Å². The van der Waals surface area contributed by atoms with Crippen LogP contribution in [0.3, 0.4) is 0 Å². The molecule has 1 unspecified atom stereocenters. The summed E-state index contributed by atoms with van der Waals surface area (Å²) in [7, 11) is 1.61. The molecule has 100 valence electrons. The van der Waals surface area contributed by atoms with Crippen molar-refractivity contribution in [3.05, 3.63) is 10.7 Å². The van der Waals surface area contributed by atoms with Gasteiger partial charge in [-0.05, 0) is 41.6 Å². The van der Waals surface area contributed by atoms with Gasteiger partial charge in [0.15, 0.2) is 0 Å². The summed E-state index contributed by atoms with van der Waals surface area (Å²) in [5, 5.41) is 0.243. The third kappa shape index (κ3) is 3.06. The molecule has 0 radical (unpaired) electrons. The molecule has 0 aliphatic carbocycles. The van der Waals surface area contributed by atoms with Crippen LogP contribution in [-0.4, -0.2) is 35.5 Å². The number of ether oxygens (including phenoxy) is 1. The third-order valence-electron chi connectivity index (χ3n) is 3.36. The number of anilines is 1. The summed E-state index contributed by atoms with van der Waals surface area (Å²) >= 11 is 9.50. The van der Waals surface area contributed by atoms with Crippen LogP contribution in [0.25, 0.3) is 0 Å². The first-order valence-electron chi connectivity index (χ1n) is 6.07. The van der Waals surface area contributed by atoms with Crippen LogP contribution in [0.15, 0.2) is 10.7 Å². The fraction of sp³-hybridized carbons (Fsp3) is 0.667. The molecular weight excluding hydrogens is 318 g/mol. The molecule has 1 aliphatic heterocycles. The molecule has 1 saturated heterocycles. The van der Waals surface area contributed by atoms with Gasteiger partial charge < -0.3 is 9.64 Å². The van der Waals surface area contributed by atoms with E-state index in [0.717, 1.165) is 36.4 Å². The summed E-state index contributed by atoms with van der Waals surface area (Å²) in [6.07, 6.45) is 3.91. The number of nitrogens with zero attached hydrogens (tertiary/aromatic N) is 3. The van der Waals surface area contributed by atoms with E-state index in [0.29, 0.717) is 11.8 Å². The van der Waals surface area contributed by atoms with E-state index in [4.69, 9.17) is 16.3 Å². The van der Waals surface area contributed by atoms with Crippen molar-refractivity contribution in [2.45, 2.75) is 25.1 Å². The number of methoxy groups -OCH3 is 1. The van der Waals surface area contributed by atoms with Gasteiger partial charge in [0.05, 0.1) is 17.8 Å². The fourth-order valence-corrected chi connectivity index (χ4v) is 2.80. The molecule has 1 atom stereocenters. The molecule has 1 aliphatic rings. The van der Waals surface area contributed by atoms with Crippen LogP contribution >= 0.6 is 27.5 Å². The lowest BCUT2D eigenvalue weighted by Crippen LogP contribution is -2.37. The monoisotopic (exact) mass is 333 g/mol. The van der Waals surface area contributed by atoms with Crippen molar-refractivity contribution in [3.8, 4) is 5.88 Å². The van der Waals surface area contributed by atoms with Gasteiger partial charge >= 0.3 is 0 Å². The van der Waals surface area contributed by atoms with Crippen molar-refractivity contribution in [1.82, 2.24) is 9.97 Å². The first-order valence-corrected chi connectivity index (χ1v) is 7.30. The van der Waals surface area contributed by atoms with Gasteiger partial charge in [-0.2, -0.15) is 4.98 Å². The van der Waals surface area contributed by atoms with Crippen LogP contribution in [0.5, 0.6) is 5.88 Å². The minimum atomic E-state index is 0.243. The maximum atomic E-state index is 6.14. The Bertz CT molecular complexity index is 408. The molecule has 2 rings (SSSR count). The largest absolute Gasteiger partial charge is 0.480 e. The zero-order valence-electron chi connectivity index (χ0n) is 10.6. The van der Waals surface area contributed by atoms with E-state index in [1.54, 1.807) is 13.3 Å². The normalized spacial score (nSPS) is 18.8. The Morgan fingerprint density at radius 2 is 2.17 bits per heavy atom. The second-order valence-corrected chi connectivity index (χ2v) is 6.07. The van der Waals surface area contributed by atoms with Gasteiger partial charge in [0.2, 0.25) is 11.8 Å². The van der Waals surface area contributed by atoms with Crippen molar-refractivity contribution in [2.75, 3.05) is 25.1 Å². The Hall–Kier alpha value is -0.550. The van der Waals surface area contributed by atoms with Crippen LogP contribution < -0.4 is 9.64 Å². The Morgan fingerprint density at radius 3 is 2.72 bits per heavy atom. The molecule has 0 amide bonds. The molecule has 0 aromatic carbocycles. The maximum Gasteiger partial charge on any atom is 0.232 e. The van der Waals surface area contributed by atoms with Crippen LogP contribution in [-0.2, 0) is 0 Å². The van der Waals surface area contributed by atoms with Gasteiger partial charge in [0.1, 0.15) is 0 Å². The molecule has 0 N–H and O–H groups in total. The Kier molecular flexibility index (Phi) is 4.67. The molecule has 6 heteroatoms. The average molecular weight is 335 g/mol. The minimum absolute atomic E-state index is 0.243. The number of alkyl halides is 1. The van der Waals surface area contributed by atoms with Crippen molar-refractivity contribution in [2.24, 2.45) is 5.92 Å². The number of hydrogen-bond acceptors (Lipinski definition) is 4. The first kappa shape index (κ1) is 13.9. The highest BCUT2D eigenvalue weighted by molar-refractivity contribution is 9.10. The highest BCUT2D eigenvalue weighted by atomic mass is 79.9. The SMILES string of the molecule is COc1nc(N2CCC(C(C)Cl)CC2)ncc1Br. The number of halogens is 2. The van der Waals surface area contributed by atoms with Crippen LogP contribution in [0.1, 0.15) is 19.8 Å². The van der Waals surface area contributed by atoms with E-state index in [1.807, 2.05) is 0 Å². The minimum Gasteiger partial charge on any atom is -0.480 e. The highest BCUT2D eigenvalue weighted by Crippen LogP contribution is 2.28. The predicted octanol–water partition coefficient (Wildman–Crippen LogP) is 3.09. The quantitative estimate of drug-likeness (QED) is 0.796. The molecule has 0 bridgehead atoms. The zero-order chi connectivity index (χ0) is 13.1. The van der Waals surface area contributed by atoms with Crippen LogP contribution in [0.2, 0.25) is 0 Å². The van der Waals surface area contributed by atoms with Gasteiger partial charge in [0, 0.05) is 18.5 Å². The Balaban J connectivity index is 2.05. The lowest BCUT2D eigenvalue weighted by molar-refractivity contribution is 0.384. The topological polar surface area (TPSA) is 38.2 Å². The van der Waals surface area contributed by atoms with E-state index in [1.165, 1.54) is 0 Å². The molecule has 1 aromatic rings. The van der Waals surface area contributed by atoms with Gasteiger partial charge in [-0.1, -0.05) is 0 Å². The number of aromatic nitrogens is 2. The van der Waals surface area contributed by atoms with E-state index < -0.39 is 0 Å². The molecule has 0 saturated carbocycles. The fourth-order valence-electron chi connectivity index (χ4n) is 2.20. The van der Waals surface area contributed by atoms with Crippen LogP contribution in [0.4, 0.5) is 5.95 Å². The lowest BCUT2D eigenvalue weighted by Gasteiger charge is -2.33. The lowest BCUT2D eigenvalue weighted by atomic mass is 9.94. The van der Waals surface area contributed by atoms with E-state index in [2.05, 4.69) is 37.7 Å². The predicted molar refractivity (Wildman–Crippen MR) is 76.5 cm³/mol. The van der Waals surface area contributed by atoms with Crippen LogP contribution in [0, 0.1) is 5.92 Å². The number of hydrogen-bond donors (Lipinski definition) is 0. The van der Waals surface area contributed by atoms with E-state index in [9.17, 15) is 0 Å². The summed E-state index contributed by atoms with van der Waals surface area (Å²) in [5.41, 5.74) is 0. The Morgan fingerprint density at radius 1 is 1.50 bits per heavy atom. The summed E-state index contributed by atoms with van der Waals surface area (Å²) in [4.78, 5) is 10.9. The van der Waals surface area contributed by atoms with E-state index in [-0.39, 0.29) is 5.38 Å². The molecule has 18 heavy (non-hydrogen) atoms. The Labute approximate surface area is 121 Å². The van der Waals surface area contributed by atoms with Crippen molar-refractivity contribution >= 4 is 33.5 Å². The molecule has 1 fully saturated rings. The zero-order valence-corrected chi connectivity index (χ0v) is 12.9. The molecular formula is C12H17BrClN3O. The van der Waals surface area contributed by atoms with Crippen molar-refractivity contribution in [1.29, 1.82) is 0 Å². The number of piperidine rings is 1. The highest BCUT2D eigenvalue weighted by Gasteiger charge is 2.24. The second kappa shape index (κ2) is 6.06. The number of rotatable bonds is 3. The second-order valence-electron chi connectivity index (χ2n) is 4.53. The molecule has 4 nitrogen and oxygen atoms in total. The summed E-state index contributed by atoms with van der Waals surface area (Å²) < 4.78 is 5.97. The van der Waals surface area contributed by atoms with Gasteiger partial charge in [-0.15, -0.1) is 11.6 Å².